The fraction of sp³-hybridized carbons (Fsp3) is 0.875. The molecule has 1 amide bonds. The Hall–Kier alpha value is -0.610. The van der Waals surface area contributed by atoms with E-state index >= 15 is 0 Å². The molecule has 0 aromatic heterocycles. The van der Waals surface area contributed by atoms with E-state index in [4.69, 9.17) is 9.47 Å². The van der Waals surface area contributed by atoms with E-state index in [0.717, 1.165) is 0 Å². The van der Waals surface area contributed by atoms with Crippen LogP contribution in [0.1, 0.15) is 20.3 Å². The van der Waals surface area contributed by atoms with Crippen LogP contribution in [0.4, 0.5) is 0 Å². The number of fused-ring (bicyclic) bond motifs is 1. The van der Waals surface area contributed by atoms with Crippen molar-refractivity contribution in [3.8, 4) is 0 Å². The molecule has 4 nitrogen and oxygen atoms in total. The molecule has 2 aliphatic rings. The number of carbonyl (C=O) groups is 1. The Labute approximate surface area is 71.2 Å². The average molecular weight is 171 g/mol. The molecular weight excluding hydrogens is 158 g/mol. The summed E-state index contributed by atoms with van der Waals surface area (Å²) in [6, 6.07) is 0.0607. The first kappa shape index (κ1) is 8.01. The van der Waals surface area contributed by atoms with Gasteiger partial charge in [-0.05, 0) is 13.8 Å². The molecule has 1 N–H and O–H groups in total. The SMILES string of the molecule is CC1(C)OCC2NC(=O)CC2O1. The van der Waals surface area contributed by atoms with Gasteiger partial charge in [-0.3, -0.25) is 4.79 Å². The number of amides is 1. The van der Waals surface area contributed by atoms with Gasteiger partial charge < -0.3 is 14.8 Å². The second-order valence-corrected chi connectivity index (χ2v) is 3.75. The first-order chi connectivity index (χ1) is 5.57. The largest absolute Gasteiger partial charge is 0.348 e. The van der Waals surface area contributed by atoms with E-state index < -0.39 is 5.79 Å². The lowest BCUT2D eigenvalue weighted by atomic mass is 10.1. The predicted molar refractivity (Wildman–Crippen MR) is 41.5 cm³/mol. The van der Waals surface area contributed by atoms with Crippen molar-refractivity contribution in [1.82, 2.24) is 5.32 Å². The summed E-state index contributed by atoms with van der Waals surface area (Å²) in [4.78, 5) is 11.0. The molecule has 68 valence electrons. The first-order valence-electron chi connectivity index (χ1n) is 4.18. The van der Waals surface area contributed by atoms with Crippen molar-refractivity contribution in [2.75, 3.05) is 6.61 Å². The highest BCUT2D eigenvalue weighted by molar-refractivity contribution is 5.79. The van der Waals surface area contributed by atoms with Gasteiger partial charge in [0, 0.05) is 0 Å². The van der Waals surface area contributed by atoms with E-state index in [9.17, 15) is 4.79 Å². The minimum Gasteiger partial charge on any atom is -0.348 e. The lowest BCUT2D eigenvalue weighted by Gasteiger charge is -2.37. The summed E-state index contributed by atoms with van der Waals surface area (Å²) in [6.45, 7) is 4.29. The van der Waals surface area contributed by atoms with Gasteiger partial charge in [0.15, 0.2) is 5.79 Å². The molecule has 0 saturated carbocycles. The zero-order valence-corrected chi connectivity index (χ0v) is 7.29. The maximum absolute atomic E-state index is 11.0. The van der Waals surface area contributed by atoms with Crippen LogP contribution in [0.15, 0.2) is 0 Å². The molecule has 2 rings (SSSR count). The lowest BCUT2D eigenvalue weighted by Crippen LogP contribution is -2.49. The van der Waals surface area contributed by atoms with Gasteiger partial charge in [-0.2, -0.15) is 0 Å². The Morgan fingerprint density at radius 3 is 3.08 bits per heavy atom. The summed E-state index contributed by atoms with van der Waals surface area (Å²) in [7, 11) is 0. The lowest BCUT2D eigenvalue weighted by molar-refractivity contribution is -0.275. The third-order valence-electron chi connectivity index (χ3n) is 2.23. The number of nitrogens with one attached hydrogen (secondary N) is 1. The van der Waals surface area contributed by atoms with Crippen LogP contribution in [0.2, 0.25) is 0 Å². The fourth-order valence-electron chi connectivity index (χ4n) is 1.65. The molecule has 0 aromatic rings. The monoisotopic (exact) mass is 171 g/mol. The summed E-state index contributed by atoms with van der Waals surface area (Å²) in [6.07, 6.45) is 0.471. The molecule has 0 radical (unpaired) electrons. The van der Waals surface area contributed by atoms with Crippen molar-refractivity contribution in [3.05, 3.63) is 0 Å². The van der Waals surface area contributed by atoms with E-state index in [2.05, 4.69) is 5.32 Å². The Bertz CT molecular complexity index is 214. The summed E-state index contributed by atoms with van der Waals surface area (Å²) >= 11 is 0. The van der Waals surface area contributed by atoms with E-state index in [1.165, 1.54) is 0 Å². The van der Waals surface area contributed by atoms with Crippen molar-refractivity contribution >= 4 is 5.91 Å². The molecule has 4 heteroatoms. The second kappa shape index (κ2) is 2.44. The molecule has 2 unspecified atom stereocenters. The van der Waals surface area contributed by atoms with Crippen LogP contribution in [0.5, 0.6) is 0 Å². The van der Waals surface area contributed by atoms with E-state index in [1.807, 2.05) is 13.8 Å². The minimum atomic E-state index is -0.534. The zero-order valence-electron chi connectivity index (χ0n) is 7.29. The predicted octanol–water partition coefficient (Wildman–Crippen LogP) is 0.0264. The second-order valence-electron chi connectivity index (χ2n) is 3.75. The standard InChI is InChI=1S/C8H13NO3/c1-8(2)11-4-5-6(12-8)3-7(10)9-5/h5-6H,3-4H2,1-2H3,(H,9,10). The van der Waals surface area contributed by atoms with E-state index in [-0.39, 0.29) is 18.1 Å². The molecule has 12 heavy (non-hydrogen) atoms. The molecule has 2 fully saturated rings. The Morgan fingerprint density at radius 2 is 2.33 bits per heavy atom. The smallest absolute Gasteiger partial charge is 0.223 e. The van der Waals surface area contributed by atoms with E-state index in [1.54, 1.807) is 0 Å². The van der Waals surface area contributed by atoms with Crippen LogP contribution in [-0.4, -0.2) is 30.4 Å². The van der Waals surface area contributed by atoms with Crippen LogP contribution in [0, 0.1) is 0 Å². The van der Waals surface area contributed by atoms with Crippen LogP contribution in [0.3, 0.4) is 0 Å². The molecule has 0 aliphatic carbocycles. The van der Waals surface area contributed by atoms with Crippen molar-refractivity contribution < 1.29 is 14.3 Å². The van der Waals surface area contributed by atoms with Gasteiger partial charge in [-0.25, -0.2) is 0 Å². The summed E-state index contributed by atoms with van der Waals surface area (Å²) in [5.41, 5.74) is 0. The number of hydrogen-bond donors (Lipinski definition) is 1. The van der Waals surface area contributed by atoms with Crippen LogP contribution in [-0.2, 0) is 14.3 Å². The van der Waals surface area contributed by atoms with Crippen molar-refractivity contribution in [2.24, 2.45) is 0 Å². The molecule has 0 spiro atoms. The summed E-state index contributed by atoms with van der Waals surface area (Å²) in [5, 5.41) is 2.80. The maximum atomic E-state index is 11.0. The average Bonchev–Trinajstić information content (AvgIpc) is 2.26. The Balaban J connectivity index is 2.06. The maximum Gasteiger partial charge on any atom is 0.223 e. The fourth-order valence-corrected chi connectivity index (χ4v) is 1.65. The van der Waals surface area contributed by atoms with Crippen molar-refractivity contribution in [2.45, 2.75) is 38.2 Å². The number of ether oxygens (including phenoxy) is 2. The van der Waals surface area contributed by atoms with Gasteiger partial charge in [0.1, 0.15) is 0 Å². The molecule has 2 aliphatic heterocycles. The molecule has 2 heterocycles. The highest BCUT2D eigenvalue weighted by Crippen LogP contribution is 2.26. The molecule has 2 saturated heterocycles. The van der Waals surface area contributed by atoms with Gasteiger partial charge in [-0.15, -0.1) is 0 Å². The third kappa shape index (κ3) is 1.32. The van der Waals surface area contributed by atoms with Crippen LogP contribution >= 0.6 is 0 Å². The highest BCUT2D eigenvalue weighted by atomic mass is 16.7. The van der Waals surface area contributed by atoms with Crippen LogP contribution < -0.4 is 5.32 Å². The zero-order chi connectivity index (χ0) is 8.77. The third-order valence-corrected chi connectivity index (χ3v) is 2.23. The number of hydrogen-bond acceptors (Lipinski definition) is 3. The van der Waals surface area contributed by atoms with Gasteiger partial charge in [0.2, 0.25) is 5.91 Å². The Kier molecular flexibility index (Phi) is 1.63. The number of carbonyl (C=O) groups excluding carboxylic acids is 1. The van der Waals surface area contributed by atoms with Crippen molar-refractivity contribution in [3.63, 3.8) is 0 Å². The van der Waals surface area contributed by atoms with Crippen molar-refractivity contribution in [1.29, 1.82) is 0 Å². The quantitative estimate of drug-likeness (QED) is 0.559. The molecule has 0 bridgehead atoms. The molecule has 2 atom stereocenters. The van der Waals surface area contributed by atoms with Gasteiger partial charge >= 0.3 is 0 Å². The minimum absolute atomic E-state index is 0.00116. The number of rotatable bonds is 0. The summed E-state index contributed by atoms with van der Waals surface area (Å²) < 4.78 is 11.0. The highest BCUT2D eigenvalue weighted by Gasteiger charge is 2.42. The van der Waals surface area contributed by atoms with Gasteiger partial charge in [0.05, 0.1) is 25.2 Å². The van der Waals surface area contributed by atoms with Crippen LogP contribution in [0.25, 0.3) is 0 Å². The van der Waals surface area contributed by atoms with E-state index in [0.29, 0.717) is 13.0 Å². The normalized spacial score (nSPS) is 39.0. The van der Waals surface area contributed by atoms with Gasteiger partial charge in [-0.1, -0.05) is 0 Å². The Morgan fingerprint density at radius 1 is 1.58 bits per heavy atom. The van der Waals surface area contributed by atoms with Gasteiger partial charge in [0.25, 0.3) is 0 Å². The topological polar surface area (TPSA) is 47.6 Å². The molecular formula is C8H13NO3. The first-order valence-corrected chi connectivity index (χ1v) is 4.18. The summed E-state index contributed by atoms with van der Waals surface area (Å²) in [5.74, 6) is -0.473. The molecule has 0 aromatic carbocycles.